The summed E-state index contributed by atoms with van der Waals surface area (Å²) in [6.07, 6.45) is 2.53. The molecule has 2 heterocycles. The molecule has 1 fully saturated rings. The Bertz CT molecular complexity index is 378. The number of methoxy groups -OCH3 is 1. The lowest BCUT2D eigenvalue weighted by Gasteiger charge is -2.23. The van der Waals surface area contributed by atoms with Crippen molar-refractivity contribution in [2.45, 2.75) is 18.9 Å². The van der Waals surface area contributed by atoms with E-state index in [0.717, 1.165) is 31.8 Å². The molecule has 0 bridgehead atoms. The van der Waals surface area contributed by atoms with Gasteiger partial charge in [0, 0.05) is 26.3 Å². The Kier molecular flexibility index (Phi) is 3.68. The van der Waals surface area contributed by atoms with Crippen LogP contribution in [0.4, 0.5) is 11.5 Å². The van der Waals surface area contributed by atoms with Crippen molar-refractivity contribution in [3.05, 3.63) is 12.1 Å². The van der Waals surface area contributed by atoms with Gasteiger partial charge in [0.15, 0.2) is 5.82 Å². The molecule has 0 saturated carbocycles. The van der Waals surface area contributed by atoms with Crippen LogP contribution in [-0.2, 0) is 4.74 Å². The van der Waals surface area contributed by atoms with Crippen molar-refractivity contribution in [1.82, 2.24) is 4.98 Å². The van der Waals surface area contributed by atoms with E-state index in [-0.39, 0.29) is 6.10 Å². The molecule has 1 saturated heterocycles. The molecule has 94 valence electrons. The lowest BCUT2D eigenvalue weighted by molar-refractivity contribution is 0.116. The average molecular weight is 237 g/mol. The summed E-state index contributed by atoms with van der Waals surface area (Å²) in [5.74, 6) is 1.33. The number of nitrogens with zero attached hydrogens (tertiary/aromatic N) is 2. The Balaban J connectivity index is 2.08. The van der Waals surface area contributed by atoms with E-state index in [1.54, 1.807) is 13.2 Å². The molecule has 2 rings (SSSR count). The lowest BCUT2D eigenvalue weighted by atomic mass is 10.2. The van der Waals surface area contributed by atoms with Gasteiger partial charge >= 0.3 is 0 Å². The van der Waals surface area contributed by atoms with Gasteiger partial charge < -0.3 is 20.1 Å². The maximum Gasteiger partial charge on any atom is 0.215 e. The second-order valence-electron chi connectivity index (χ2n) is 4.28. The van der Waals surface area contributed by atoms with Crippen LogP contribution in [0.15, 0.2) is 12.1 Å². The van der Waals surface area contributed by atoms with E-state index in [1.807, 2.05) is 18.0 Å². The highest BCUT2D eigenvalue weighted by molar-refractivity contribution is 5.63. The zero-order chi connectivity index (χ0) is 12.3. The molecular formula is C12H19N3O2. The standard InChI is InChI=1S/C12H19N3O2/c1-15(8-9-4-3-7-17-9)12-10(13)5-6-11(14-12)16-2/h5-6,9H,3-4,7-8,13H2,1-2H3. The number of aromatic nitrogens is 1. The van der Waals surface area contributed by atoms with Crippen LogP contribution >= 0.6 is 0 Å². The molecule has 5 heteroatoms. The van der Waals surface area contributed by atoms with Crippen LogP contribution in [0, 0.1) is 0 Å². The second kappa shape index (κ2) is 5.23. The summed E-state index contributed by atoms with van der Waals surface area (Å²) >= 11 is 0. The van der Waals surface area contributed by atoms with E-state index >= 15 is 0 Å². The second-order valence-corrected chi connectivity index (χ2v) is 4.28. The molecule has 0 spiro atoms. The minimum absolute atomic E-state index is 0.285. The third kappa shape index (κ3) is 2.79. The molecule has 1 aromatic rings. The van der Waals surface area contributed by atoms with E-state index < -0.39 is 0 Å². The monoisotopic (exact) mass is 237 g/mol. The Morgan fingerprint density at radius 2 is 2.41 bits per heavy atom. The Labute approximate surface area is 102 Å². The molecule has 17 heavy (non-hydrogen) atoms. The van der Waals surface area contributed by atoms with Gasteiger partial charge in [0.25, 0.3) is 0 Å². The van der Waals surface area contributed by atoms with E-state index in [0.29, 0.717) is 11.6 Å². The van der Waals surface area contributed by atoms with Crippen LogP contribution in [0.3, 0.4) is 0 Å². The van der Waals surface area contributed by atoms with Gasteiger partial charge in [-0.3, -0.25) is 0 Å². The van der Waals surface area contributed by atoms with Gasteiger partial charge in [-0.2, -0.15) is 4.98 Å². The predicted molar refractivity (Wildman–Crippen MR) is 67.4 cm³/mol. The van der Waals surface area contributed by atoms with Gasteiger partial charge in [-0.15, -0.1) is 0 Å². The first-order valence-electron chi connectivity index (χ1n) is 5.84. The van der Waals surface area contributed by atoms with E-state index in [2.05, 4.69) is 4.98 Å². The Morgan fingerprint density at radius 3 is 3.06 bits per heavy atom. The molecule has 2 N–H and O–H groups in total. The van der Waals surface area contributed by atoms with Crippen LogP contribution in [0.5, 0.6) is 5.88 Å². The van der Waals surface area contributed by atoms with Gasteiger partial charge in [-0.1, -0.05) is 0 Å². The van der Waals surface area contributed by atoms with Crippen LogP contribution in [-0.4, -0.2) is 38.4 Å². The summed E-state index contributed by atoms with van der Waals surface area (Å²) < 4.78 is 10.7. The minimum atomic E-state index is 0.285. The van der Waals surface area contributed by atoms with E-state index in [1.165, 1.54) is 0 Å². The summed E-state index contributed by atoms with van der Waals surface area (Å²) in [7, 11) is 3.57. The summed E-state index contributed by atoms with van der Waals surface area (Å²) in [6, 6.07) is 3.58. The number of pyridine rings is 1. The van der Waals surface area contributed by atoms with Gasteiger partial charge in [0.2, 0.25) is 5.88 Å². The highest BCUT2D eigenvalue weighted by Gasteiger charge is 2.19. The molecular weight excluding hydrogens is 218 g/mol. The maximum absolute atomic E-state index is 5.92. The van der Waals surface area contributed by atoms with Crippen LogP contribution in [0.25, 0.3) is 0 Å². The van der Waals surface area contributed by atoms with Crippen LogP contribution in [0.2, 0.25) is 0 Å². The molecule has 1 atom stereocenters. The molecule has 0 aliphatic carbocycles. The van der Waals surface area contributed by atoms with Crippen LogP contribution in [0.1, 0.15) is 12.8 Å². The number of hydrogen-bond acceptors (Lipinski definition) is 5. The van der Waals surface area contributed by atoms with Gasteiger partial charge in [0.1, 0.15) is 0 Å². The van der Waals surface area contributed by atoms with Crippen LogP contribution < -0.4 is 15.4 Å². The first-order chi connectivity index (χ1) is 8.20. The first-order valence-corrected chi connectivity index (χ1v) is 5.84. The number of nitrogens with two attached hydrogens (primary N) is 1. The highest BCUT2D eigenvalue weighted by atomic mass is 16.5. The molecule has 0 amide bonds. The summed E-state index contributed by atoms with van der Waals surface area (Å²) in [5.41, 5.74) is 6.58. The molecule has 0 aromatic carbocycles. The van der Waals surface area contributed by atoms with Gasteiger partial charge in [-0.05, 0) is 18.9 Å². The molecule has 0 radical (unpaired) electrons. The fourth-order valence-electron chi connectivity index (χ4n) is 2.04. The maximum atomic E-state index is 5.92. The van der Waals surface area contributed by atoms with Crippen molar-refractivity contribution >= 4 is 11.5 Å². The zero-order valence-corrected chi connectivity index (χ0v) is 10.3. The summed E-state index contributed by atoms with van der Waals surface area (Å²) in [5, 5.41) is 0. The topological polar surface area (TPSA) is 60.6 Å². The minimum Gasteiger partial charge on any atom is -0.481 e. The quantitative estimate of drug-likeness (QED) is 0.855. The largest absolute Gasteiger partial charge is 0.481 e. The number of nitrogen functional groups attached to an aromatic ring is 1. The van der Waals surface area contributed by atoms with Crippen molar-refractivity contribution in [3.8, 4) is 5.88 Å². The lowest BCUT2D eigenvalue weighted by Crippen LogP contribution is -2.29. The third-order valence-electron chi connectivity index (χ3n) is 2.95. The summed E-state index contributed by atoms with van der Waals surface area (Å²) in [4.78, 5) is 6.38. The molecule has 1 aliphatic rings. The number of likely N-dealkylation sites (N-methyl/N-ethyl adjacent to an activating group) is 1. The van der Waals surface area contributed by atoms with E-state index in [9.17, 15) is 0 Å². The van der Waals surface area contributed by atoms with Crippen molar-refractivity contribution in [2.75, 3.05) is 37.9 Å². The van der Waals surface area contributed by atoms with Crippen molar-refractivity contribution in [1.29, 1.82) is 0 Å². The van der Waals surface area contributed by atoms with Gasteiger partial charge in [0.05, 0.1) is 18.9 Å². The number of anilines is 2. The number of rotatable bonds is 4. The van der Waals surface area contributed by atoms with Crippen molar-refractivity contribution in [3.63, 3.8) is 0 Å². The average Bonchev–Trinajstić information content (AvgIpc) is 2.82. The highest BCUT2D eigenvalue weighted by Crippen LogP contribution is 2.24. The number of hydrogen-bond donors (Lipinski definition) is 1. The molecule has 1 unspecified atom stereocenters. The Morgan fingerprint density at radius 1 is 1.59 bits per heavy atom. The normalized spacial score (nSPS) is 19.3. The summed E-state index contributed by atoms with van der Waals surface area (Å²) in [6.45, 7) is 1.67. The zero-order valence-electron chi connectivity index (χ0n) is 10.3. The van der Waals surface area contributed by atoms with Crippen molar-refractivity contribution in [2.24, 2.45) is 0 Å². The fraction of sp³-hybridized carbons (Fsp3) is 0.583. The molecule has 5 nitrogen and oxygen atoms in total. The first kappa shape index (κ1) is 12.0. The predicted octanol–water partition coefficient (Wildman–Crippen LogP) is 1.29. The third-order valence-corrected chi connectivity index (χ3v) is 2.95. The van der Waals surface area contributed by atoms with Gasteiger partial charge in [-0.25, -0.2) is 0 Å². The van der Waals surface area contributed by atoms with Crippen molar-refractivity contribution < 1.29 is 9.47 Å². The van der Waals surface area contributed by atoms with E-state index in [4.69, 9.17) is 15.2 Å². The number of ether oxygens (including phenoxy) is 2. The fourth-order valence-corrected chi connectivity index (χ4v) is 2.04. The smallest absolute Gasteiger partial charge is 0.215 e. The molecule has 1 aromatic heterocycles. The molecule has 1 aliphatic heterocycles. The SMILES string of the molecule is COc1ccc(N)c(N(C)CC2CCCO2)n1. The Hall–Kier alpha value is -1.49.